The highest BCUT2D eigenvalue weighted by Crippen LogP contribution is 2.38. The van der Waals surface area contributed by atoms with Crippen molar-refractivity contribution in [2.75, 3.05) is 27.9 Å². The third-order valence-electron chi connectivity index (χ3n) is 3.48. The van der Waals surface area contributed by atoms with Gasteiger partial charge in [0.15, 0.2) is 18.1 Å². The van der Waals surface area contributed by atoms with Crippen molar-refractivity contribution in [3.63, 3.8) is 0 Å². The van der Waals surface area contributed by atoms with Gasteiger partial charge in [-0.15, -0.1) is 11.3 Å². The molecule has 1 N–H and O–H groups in total. The van der Waals surface area contributed by atoms with Gasteiger partial charge in [-0.3, -0.25) is 9.59 Å². The molecule has 1 amide bonds. The van der Waals surface area contributed by atoms with Crippen molar-refractivity contribution in [1.29, 1.82) is 0 Å². The summed E-state index contributed by atoms with van der Waals surface area (Å²) in [6.07, 6.45) is 0.165. The number of amides is 1. The molecule has 8 heteroatoms. The predicted octanol–water partition coefficient (Wildman–Crippen LogP) is 2.18. The summed E-state index contributed by atoms with van der Waals surface area (Å²) in [5.41, 5.74) is 0.762. The fraction of sp³-hybridized carbons (Fsp3) is 0.333. The quantitative estimate of drug-likeness (QED) is 0.673. The van der Waals surface area contributed by atoms with E-state index in [1.165, 1.54) is 32.7 Å². The molecular weight excluding hydrogens is 358 g/mol. The standard InChI is InChI=1S/C18H21NO6S/c1-22-14-7-12(8-15(23-2)18(14)24-3)10-19-16(20)11-25-17(21)9-13-5-4-6-26-13/h4-8H,9-11H2,1-3H3,(H,19,20). The molecule has 7 nitrogen and oxygen atoms in total. The van der Waals surface area contributed by atoms with Crippen LogP contribution < -0.4 is 19.5 Å². The summed E-state index contributed by atoms with van der Waals surface area (Å²) in [6.45, 7) is -0.0906. The smallest absolute Gasteiger partial charge is 0.311 e. The third kappa shape index (κ3) is 5.38. The zero-order chi connectivity index (χ0) is 18.9. The minimum atomic E-state index is -0.435. The molecule has 1 aromatic carbocycles. The fourth-order valence-electron chi connectivity index (χ4n) is 2.24. The average Bonchev–Trinajstić information content (AvgIpc) is 3.16. The lowest BCUT2D eigenvalue weighted by Crippen LogP contribution is -2.28. The van der Waals surface area contributed by atoms with Crippen LogP contribution in [0.25, 0.3) is 0 Å². The highest BCUT2D eigenvalue weighted by Gasteiger charge is 2.14. The van der Waals surface area contributed by atoms with Gasteiger partial charge in [0.25, 0.3) is 5.91 Å². The van der Waals surface area contributed by atoms with Crippen LogP contribution in [0.1, 0.15) is 10.4 Å². The van der Waals surface area contributed by atoms with Gasteiger partial charge in [-0.25, -0.2) is 0 Å². The van der Waals surface area contributed by atoms with E-state index in [0.717, 1.165) is 10.4 Å². The second-order valence-electron chi connectivity index (χ2n) is 5.23. The molecule has 2 aromatic rings. The summed E-state index contributed by atoms with van der Waals surface area (Å²) in [4.78, 5) is 24.5. The Bertz CT molecular complexity index is 719. The summed E-state index contributed by atoms with van der Waals surface area (Å²) in [7, 11) is 4.56. The maximum Gasteiger partial charge on any atom is 0.311 e. The van der Waals surface area contributed by atoms with Gasteiger partial charge in [-0.2, -0.15) is 0 Å². The molecule has 0 aliphatic heterocycles. The second-order valence-corrected chi connectivity index (χ2v) is 6.26. The largest absolute Gasteiger partial charge is 0.493 e. The van der Waals surface area contributed by atoms with Gasteiger partial charge in [0.2, 0.25) is 5.75 Å². The number of nitrogens with one attached hydrogen (secondary N) is 1. The van der Waals surface area contributed by atoms with E-state index in [1.54, 1.807) is 12.1 Å². The van der Waals surface area contributed by atoms with Gasteiger partial charge in [0.1, 0.15) is 0 Å². The Morgan fingerprint density at radius 3 is 2.31 bits per heavy atom. The average molecular weight is 379 g/mol. The normalized spacial score (nSPS) is 10.1. The van der Waals surface area contributed by atoms with E-state index in [4.69, 9.17) is 18.9 Å². The van der Waals surface area contributed by atoms with Crippen molar-refractivity contribution in [3.8, 4) is 17.2 Å². The first kappa shape index (κ1) is 19.6. The van der Waals surface area contributed by atoms with Crippen LogP contribution in [0.15, 0.2) is 29.6 Å². The number of ether oxygens (including phenoxy) is 4. The minimum Gasteiger partial charge on any atom is -0.493 e. The number of esters is 1. The van der Waals surface area contributed by atoms with Crippen LogP contribution in [0, 0.1) is 0 Å². The van der Waals surface area contributed by atoms with Crippen molar-refractivity contribution in [3.05, 3.63) is 40.1 Å². The number of carbonyl (C=O) groups excluding carboxylic acids is 2. The van der Waals surface area contributed by atoms with E-state index in [9.17, 15) is 9.59 Å². The van der Waals surface area contributed by atoms with E-state index in [-0.39, 0.29) is 19.6 Å². The maximum atomic E-state index is 11.9. The molecule has 140 valence electrons. The van der Waals surface area contributed by atoms with Gasteiger partial charge >= 0.3 is 5.97 Å². The Balaban J connectivity index is 1.85. The first-order valence-electron chi connectivity index (χ1n) is 7.81. The van der Waals surface area contributed by atoms with E-state index >= 15 is 0 Å². The van der Waals surface area contributed by atoms with Gasteiger partial charge in [0, 0.05) is 11.4 Å². The molecule has 0 radical (unpaired) electrons. The monoisotopic (exact) mass is 379 g/mol. The summed E-state index contributed by atoms with van der Waals surface area (Å²) in [5, 5.41) is 4.57. The molecule has 2 rings (SSSR count). The first-order chi connectivity index (χ1) is 12.6. The van der Waals surface area contributed by atoms with E-state index < -0.39 is 11.9 Å². The van der Waals surface area contributed by atoms with Crippen LogP contribution in [-0.4, -0.2) is 39.8 Å². The molecule has 1 heterocycles. The van der Waals surface area contributed by atoms with Crippen molar-refractivity contribution in [1.82, 2.24) is 5.32 Å². The number of methoxy groups -OCH3 is 3. The number of hydrogen-bond donors (Lipinski definition) is 1. The van der Waals surface area contributed by atoms with Gasteiger partial charge in [-0.05, 0) is 29.1 Å². The lowest BCUT2D eigenvalue weighted by Gasteiger charge is -2.14. The molecule has 0 spiro atoms. The zero-order valence-corrected chi connectivity index (χ0v) is 15.7. The molecule has 0 unspecified atom stereocenters. The van der Waals surface area contributed by atoms with Crippen LogP contribution in [0.3, 0.4) is 0 Å². The van der Waals surface area contributed by atoms with Gasteiger partial charge in [0.05, 0.1) is 27.8 Å². The Hall–Kier alpha value is -2.74. The lowest BCUT2D eigenvalue weighted by atomic mass is 10.1. The Morgan fingerprint density at radius 1 is 1.08 bits per heavy atom. The molecule has 0 bridgehead atoms. The van der Waals surface area contributed by atoms with Crippen LogP contribution in [0.4, 0.5) is 0 Å². The number of thiophene rings is 1. The second kappa shape index (κ2) is 9.67. The van der Waals surface area contributed by atoms with Crippen molar-refractivity contribution < 1.29 is 28.5 Å². The number of carbonyl (C=O) groups is 2. The highest BCUT2D eigenvalue weighted by atomic mass is 32.1. The molecule has 26 heavy (non-hydrogen) atoms. The Morgan fingerprint density at radius 2 is 1.77 bits per heavy atom. The maximum absolute atomic E-state index is 11.9. The molecule has 0 fully saturated rings. The SMILES string of the molecule is COc1cc(CNC(=O)COC(=O)Cc2cccs2)cc(OC)c1OC. The summed E-state index contributed by atoms with van der Waals surface area (Å²) in [5.74, 6) is 0.651. The van der Waals surface area contributed by atoms with Gasteiger partial charge < -0.3 is 24.3 Å². The predicted molar refractivity (Wildman–Crippen MR) is 96.9 cm³/mol. The van der Waals surface area contributed by atoms with E-state index in [1.807, 2.05) is 17.5 Å². The molecule has 1 aromatic heterocycles. The molecular formula is C18H21NO6S. The molecule has 0 atom stereocenters. The fourth-order valence-corrected chi connectivity index (χ4v) is 2.93. The van der Waals surface area contributed by atoms with Crippen molar-refractivity contribution >= 4 is 23.2 Å². The van der Waals surface area contributed by atoms with Crippen molar-refractivity contribution in [2.24, 2.45) is 0 Å². The summed E-state index contributed by atoms with van der Waals surface area (Å²) in [6, 6.07) is 7.18. The Kier molecular flexibility index (Phi) is 7.28. The topological polar surface area (TPSA) is 83.1 Å². The summed E-state index contributed by atoms with van der Waals surface area (Å²) < 4.78 is 20.8. The van der Waals surface area contributed by atoms with Crippen LogP contribution in [0.2, 0.25) is 0 Å². The van der Waals surface area contributed by atoms with Crippen LogP contribution in [0.5, 0.6) is 17.2 Å². The summed E-state index contributed by atoms with van der Waals surface area (Å²) >= 11 is 1.47. The number of hydrogen-bond acceptors (Lipinski definition) is 7. The van der Waals surface area contributed by atoms with Crippen molar-refractivity contribution in [2.45, 2.75) is 13.0 Å². The third-order valence-corrected chi connectivity index (χ3v) is 4.35. The molecule has 0 saturated carbocycles. The van der Waals surface area contributed by atoms with E-state index in [0.29, 0.717) is 17.2 Å². The highest BCUT2D eigenvalue weighted by molar-refractivity contribution is 7.10. The molecule has 0 aliphatic carbocycles. The van der Waals surface area contributed by atoms with Crippen LogP contribution >= 0.6 is 11.3 Å². The molecule has 0 saturated heterocycles. The minimum absolute atomic E-state index is 0.165. The molecule has 0 aliphatic rings. The number of rotatable bonds is 9. The number of benzene rings is 1. The van der Waals surface area contributed by atoms with Crippen LogP contribution in [-0.2, 0) is 27.3 Å². The van der Waals surface area contributed by atoms with Gasteiger partial charge in [-0.1, -0.05) is 6.07 Å². The first-order valence-corrected chi connectivity index (χ1v) is 8.69. The Labute approximate surface area is 155 Å². The zero-order valence-electron chi connectivity index (χ0n) is 14.9. The van der Waals surface area contributed by atoms with E-state index in [2.05, 4.69) is 5.32 Å². The lowest BCUT2D eigenvalue weighted by molar-refractivity contribution is -0.147.